The van der Waals surface area contributed by atoms with E-state index in [1.807, 2.05) is 0 Å². The van der Waals surface area contributed by atoms with Gasteiger partial charge in [0.25, 0.3) is 0 Å². The first-order valence-electron chi connectivity index (χ1n) is 21.4. The second-order valence-electron chi connectivity index (χ2n) is 16.1. The van der Waals surface area contributed by atoms with Gasteiger partial charge in [-0.1, -0.05) is 176 Å². The number of hydrogen-bond donors (Lipinski definition) is 0. The van der Waals surface area contributed by atoms with Gasteiger partial charge in [0.05, 0.1) is 5.70 Å². The van der Waals surface area contributed by atoms with Crippen LogP contribution in [-0.2, 0) is 0 Å². The third-order valence-electron chi connectivity index (χ3n) is 12.6. The van der Waals surface area contributed by atoms with Crippen LogP contribution in [0.2, 0.25) is 0 Å². The van der Waals surface area contributed by atoms with Crippen LogP contribution < -0.4 is 15.5 Å². The van der Waals surface area contributed by atoms with Crippen LogP contribution in [0.1, 0.15) is 37.7 Å². The summed E-state index contributed by atoms with van der Waals surface area (Å²) in [6, 6.07) is 59.7. The van der Waals surface area contributed by atoms with Gasteiger partial charge in [0.2, 0.25) is 0 Å². The van der Waals surface area contributed by atoms with Crippen molar-refractivity contribution in [1.82, 2.24) is 0 Å². The van der Waals surface area contributed by atoms with E-state index in [1.54, 1.807) is 0 Å². The van der Waals surface area contributed by atoms with Crippen molar-refractivity contribution in [3.8, 4) is 33.4 Å². The van der Waals surface area contributed by atoms with Gasteiger partial charge in [-0.05, 0) is 123 Å². The first-order chi connectivity index (χ1) is 29.8. The van der Waals surface area contributed by atoms with E-state index < -0.39 is 0 Å². The molecule has 0 N–H and O–H groups in total. The van der Waals surface area contributed by atoms with Crippen molar-refractivity contribution in [1.29, 1.82) is 0 Å². The molecule has 3 aliphatic carbocycles. The smallest absolute Gasteiger partial charge is 0.154 e. The summed E-state index contributed by atoms with van der Waals surface area (Å²) in [6.45, 7) is 0. The summed E-state index contributed by atoms with van der Waals surface area (Å²) >= 11 is 0. The van der Waals surface area contributed by atoms with E-state index in [2.05, 4.69) is 211 Å². The fourth-order valence-electron chi connectivity index (χ4n) is 9.77. The number of allylic oxidation sites excluding steroid dienone is 8. The Morgan fingerprint density at radius 2 is 1.18 bits per heavy atom. The van der Waals surface area contributed by atoms with Crippen LogP contribution in [0, 0.1) is 5.92 Å². The molecule has 3 aliphatic rings. The second kappa shape index (κ2) is 15.5. The Hall–Kier alpha value is -7.16. The van der Waals surface area contributed by atoms with Crippen molar-refractivity contribution >= 4 is 50.5 Å². The predicted octanol–water partition coefficient (Wildman–Crippen LogP) is 14.3. The minimum Gasteiger partial charge on any atom is -0.454 e. The first-order valence-corrected chi connectivity index (χ1v) is 21.4. The second-order valence-corrected chi connectivity index (χ2v) is 16.1. The topological polar surface area (TPSA) is 16.4 Å². The highest BCUT2D eigenvalue weighted by Crippen LogP contribution is 2.42. The SMILES string of the molecule is C1=CCC(C2=C(c3ccccc3-c3ccc(N(C4=c5oc6cccc(-c7ccccc7)c6c5=CCC4)c4ccc(-c5cccc6ccccc56)cc4)cc3)CCC=C2)C=C1. The van der Waals surface area contributed by atoms with Gasteiger partial charge in [-0.2, -0.15) is 0 Å². The third kappa shape index (κ3) is 6.46. The molecule has 0 fully saturated rings. The molecule has 0 bridgehead atoms. The molecule has 1 aromatic heterocycles. The zero-order valence-electron chi connectivity index (χ0n) is 33.6. The summed E-state index contributed by atoms with van der Waals surface area (Å²) < 4.78 is 6.94. The largest absolute Gasteiger partial charge is 0.454 e. The molecule has 1 unspecified atom stereocenters. The minimum atomic E-state index is 0.411. The Balaban J connectivity index is 1.06. The van der Waals surface area contributed by atoms with E-state index in [1.165, 1.54) is 77.2 Å². The number of rotatable bonds is 8. The Morgan fingerprint density at radius 3 is 1.98 bits per heavy atom. The highest BCUT2D eigenvalue weighted by molar-refractivity contribution is 5.98. The zero-order chi connectivity index (χ0) is 39.8. The number of fused-ring (bicyclic) bond motifs is 4. The lowest BCUT2D eigenvalue weighted by atomic mass is 9.80. The standard InChI is InChI=1S/C58H45NO/c1-3-16-40(17-4-1)49-23-9-11-25-52(49)53-26-12-10-24-50(53)44-34-38-46(39-35-44)59(45-36-32-43(33-37-45)48-27-13-21-41-20-7-8-22-47(41)48)55-30-14-29-54-57-51(42-18-5-2-6-19-42)28-15-31-56(57)60-58(54)55/h1-10,12-13,15-16,18-24,26-29,31-40H,11,14,17,25,30H2. The van der Waals surface area contributed by atoms with E-state index in [4.69, 9.17) is 4.42 Å². The van der Waals surface area contributed by atoms with Crippen molar-refractivity contribution in [3.05, 3.63) is 222 Å². The molecule has 1 atom stereocenters. The highest BCUT2D eigenvalue weighted by Gasteiger charge is 2.24. The van der Waals surface area contributed by atoms with Gasteiger partial charge in [0, 0.05) is 27.9 Å². The molecular weight excluding hydrogens is 727 g/mol. The average molecular weight is 772 g/mol. The van der Waals surface area contributed by atoms with E-state index in [-0.39, 0.29) is 0 Å². The van der Waals surface area contributed by atoms with Crippen LogP contribution in [0.5, 0.6) is 0 Å². The lowest BCUT2D eigenvalue weighted by molar-refractivity contribution is 0.566. The Labute approximate surface area is 351 Å². The van der Waals surface area contributed by atoms with Gasteiger partial charge < -0.3 is 9.32 Å². The van der Waals surface area contributed by atoms with Crippen LogP contribution in [0.4, 0.5) is 11.4 Å². The first kappa shape index (κ1) is 36.0. The molecule has 0 aliphatic heterocycles. The van der Waals surface area contributed by atoms with Gasteiger partial charge in [-0.25, -0.2) is 0 Å². The van der Waals surface area contributed by atoms with Gasteiger partial charge in [-0.3, -0.25) is 0 Å². The summed E-state index contributed by atoms with van der Waals surface area (Å²) in [7, 11) is 0. The molecular formula is C58H45NO. The van der Waals surface area contributed by atoms with Gasteiger partial charge >= 0.3 is 0 Å². The number of benzene rings is 7. The van der Waals surface area contributed by atoms with Crippen molar-refractivity contribution < 1.29 is 4.42 Å². The van der Waals surface area contributed by atoms with Crippen LogP contribution in [0.25, 0.3) is 72.5 Å². The quantitative estimate of drug-likeness (QED) is 0.153. The molecule has 7 aromatic carbocycles. The molecule has 11 rings (SSSR count). The maximum Gasteiger partial charge on any atom is 0.154 e. The van der Waals surface area contributed by atoms with Crippen molar-refractivity contribution in [2.45, 2.75) is 32.1 Å². The molecule has 0 radical (unpaired) electrons. The van der Waals surface area contributed by atoms with E-state index in [0.29, 0.717) is 5.92 Å². The van der Waals surface area contributed by atoms with E-state index in [9.17, 15) is 0 Å². The fourth-order valence-corrected chi connectivity index (χ4v) is 9.77. The van der Waals surface area contributed by atoms with Crippen LogP contribution in [0.3, 0.4) is 0 Å². The normalized spacial score (nSPS) is 16.0. The van der Waals surface area contributed by atoms with Crippen LogP contribution >= 0.6 is 0 Å². The van der Waals surface area contributed by atoms with Crippen LogP contribution in [-0.4, -0.2) is 0 Å². The Kier molecular flexibility index (Phi) is 9.32. The van der Waals surface area contributed by atoms with Gasteiger partial charge in [-0.15, -0.1) is 0 Å². The van der Waals surface area contributed by atoms with Gasteiger partial charge in [0.1, 0.15) is 5.58 Å². The predicted molar refractivity (Wildman–Crippen MR) is 253 cm³/mol. The maximum atomic E-state index is 6.94. The summed E-state index contributed by atoms with van der Waals surface area (Å²) in [6.07, 6.45) is 21.1. The van der Waals surface area contributed by atoms with Crippen LogP contribution in [0.15, 0.2) is 210 Å². The summed E-state index contributed by atoms with van der Waals surface area (Å²) in [5.41, 5.74) is 16.9. The summed E-state index contributed by atoms with van der Waals surface area (Å²) in [4.78, 5) is 2.44. The summed E-state index contributed by atoms with van der Waals surface area (Å²) in [5, 5.41) is 4.87. The third-order valence-corrected chi connectivity index (χ3v) is 12.6. The van der Waals surface area contributed by atoms with Crippen molar-refractivity contribution in [3.63, 3.8) is 0 Å². The molecule has 2 nitrogen and oxygen atoms in total. The lowest BCUT2D eigenvalue weighted by Gasteiger charge is -2.29. The average Bonchev–Trinajstić information content (AvgIpc) is 3.72. The number of anilines is 2. The maximum absolute atomic E-state index is 6.94. The highest BCUT2D eigenvalue weighted by atomic mass is 16.3. The number of nitrogens with zero attached hydrogens (tertiary/aromatic N) is 1. The number of furan rings is 1. The van der Waals surface area contributed by atoms with Crippen molar-refractivity contribution in [2.75, 3.05) is 4.90 Å². The molecule has 0 saturated heterocycles. The zero-order valence-corrected chi connectivity index (χ0v) is 33.6. The molecule has 0 spiro atoms. The lowest BCUT2D eigenvalue weighted by Crippen LogP contribution is -2.33. The van der Waals surface area contributed by atoms with E-state index in [0.717, 1.165) is 54.5 Å². The number of hydrogen-bond acceptors (Lipinski definition) is 2. The molecule has 8 aromatic rings. The monoisotopic (exact) mass is 771 g/mol. The Bertz CT molecular complexity index is 3150. The molecule has 2 heteroatoms. The molecule has 288 valence electrons. The van der Waals surface area contributed by atoms with E-state index >= 15 is 0 Å². The minimum absolute atomic E-state index is 0.411. The molecule has 60 heavy (non-hydrogen) atoms. The van der Waals surface area contributed by atoms with Crippen molar-refractivity contribution in [2.24, 2.45) is 5.92 Å². The molecule has 0 saturated carbocycles. The molecule has 0 amide bonds. The fraction of sp³-hybridized carbons (Fsp3) is 0.103. The Morgan fingerprint density at radius 1 is 0.517 bits per heavy atom. The molecule has 1 heterocycles. The van der Waals surface area contributed by atoms with Gasteiger partial charge in [0.15, 0.2) is 5.42 Å². The summed E-state index contributed by atoms with van der Waals surface area (Å²) in [5.74, 6) is 0.411.